The third-order valence-corrected chi connectivity index (χ3v) is 5.25. The van der Waals surface area contributed by atoms with Crippen LogP contribution in [0.5, 0.6) is 0 Å². The van der Waals surface area contributed by atoms with E-state index in [1.165, 1.54) is 42.7 Å². The molecule has 0 saturated heterocycles. The maximum Gasteiger partial charge on any atom is 0.0797 e. The Morgan fingerprint density at radius 3 is 3.06 bits per heavy atom. The molecule has 1 saturated carbocycles. The fourth-order valence-corrected chi connectivity index (χ4v) is 3.81. The molecule has 2 unspecified atom stereocenters. The van der Waals surface area contributed by atoms with Gasteiger partial charge in [-0.2, -0.15) is 0 Å². The number of nitrogens with zero attached hydrogens (tertiary/aromatic N) is 1. The highest BCUT2D eigenvalue weighted by molar-refractivity contribution is 7.09. The van der Waals surface area contributed by atoms with E-state index in [0.717, 1.165) is 18.8 Å². The monoisotopic (exact) mass is 252 g/mol. The number of rotatable bonds is 4. The van der Waals surface area contributed by atoms with E-state index in [9.17, 15) is 0 Å². The highest BCUT2D eigenvalue weighted by Gasteiger charge is 2.31. The van der Waals surface area contributed by atoms with E-state index in [1.807, 2.05) is 5.51 Å². The third kappa shape index (κ3) is 3.29. The molecular formula is C14H24N2S. The van der Waals surface area contributed by atoms with Gasteiger partial charge in [0.2, 0.25) is 0 Å². The summed E-state index contributed by atoms with van der Waals surface area (Å²) in [6.07, 6.45) is 8.67. The van der Waals surface area contributed by atoms with Gasteiger partial charge in [0.1, 0.15) is 0 Å². The molecule has 1 aromatic rings. The predicted octanol–water partition coefficient (Wildman–Crippen LogP) is 3.68. The van der Waals surface area contributed by atoms with Crippen molar-refractivity contribution >= 4 is 11.3 Å². The molecule has 0 spiro atoms. The smallest absolute Gasteiger partial charge is 0.0797 e. The van der Waals surface area contributed by atoms with Crippen LogP contribution in [0.3, 0.4) is 0 Å². The van der Waals surface area contributed by atoms with Crippen molar-refractivity contribution < 1.29 is 0 Å². The molecule has 0 aromatic carbocycles. The minimum absolute atomic E-state index is 0.0926. The average Bonchev–Trinajstić information content (AvgIpc) is 2.72. The number of aromatic nitrogens is 1. The highest BCUT2D eigenvalue weighted by Crippen LogP contribution is 2.35. The number of hydrogen-bond acceptors (Lipinski definition) is 3. The first-order chi connectivity index (χ1) is 8.13. The van der Waals surface area contributed by atoms with E-state index in [2.05, 4.69) is 18.8 Å². The Labute approximate surface area is 109 Å². The standard InChI is InChI=1S/C14H24N2S/c1-3-12-5-4-7-14(15,9-12)8-6-13-11(2)16-10-17-13/h10,12H,3-9,15H2,1-2H3. The van der Waals surface area contributed by atoms with Crippen molar-refractivity contribution in [1.82, 2.24) is 4.98 Å². The van der Waals surface area contributed by atoms with Crippen molar-refractivity contribution in [3.8, 4) is 0 Å². The van der Waals surface area contributed by atoms with Gasteiger partial charge >= 0.3 is 0 Å². The average molecular weight is 252 g/mol. The quantitative estimate of drug-likeness (QED) is 0.887. The van der Waals surface area contributed by atoms with E-state index in [1.54, 1.807) is 11.3 Å². The zero-order valence-corrected chi connectivity index (χ0v) is 11.9. The van der Waals surface area contributed by atoms with E-state index < -0.39 is 0 Å². The summed E-state index contributed by atoms with van der Waals surface area (Å²) in [6.45, 7) is 4.40. The number of aryl methyl sites for hydroxylation is 2. The van der Waals surface area contributed by atoms with Crippen LogP contribution in [-0.4, -0.2) is 10.5 Å². The van der Waals surface area contributed by atoms with Gasteiger partial charge in [-0.1, -0.05) is 26.2 Å². The Morgan fingerprint density at radius 2 is 2.41 bits per heavy atom. The van der Waals surface area contributed by atoms with E-state index >= 15 is 0 Å². The van der Waals surface area contributed by atoms with Gasteiger partial charge in [-0.3, -0.25) is 0 Å². The number of hydrogen-bond donors (Lipinski definition) is 1. The molecule has 0 amide bonds. The van der Waals surface area contributed by atoms with Crippen LogP contribution in [0.2, 0.25) is 0 Å². The molecule has 1 fully saturated rings. The van der Waals surface area contributed by atoms with Gasteiger partial charge in [0.05, 0.1) is 11.2 Å². The fourth-order valence-electron chi connectivity index (χ4n) is 3.03. The lowest BCUT2D eigenvalue weighted by Crippen LogP contribution is -2.44. The maximum absolute atomic E-state index is 6.58. The Balaban J connectivity index is 1.91. The fraction of sp³-hybridized carbons (Fsp3) is 0.786. The summed E-state index contributed by atoms with van der Waals surface area (Å²) in [6, 6.07) is 0. The summed E-state index contributed by atoms with van der Waals surface area (Å²) in [4.78, 5) is 5.74. The molecule has 3 heteroatoms. The van der Waals surface area contributed by atoms with Crippen LogP contribution in [0.15, 0.2) is 5.51 Å². The second-order valence-corrected chi connectivity index (χ2v) is 6.53. The molecule has 2 rings (SSSR count). The molecule has 96 valence electrons. The van der Waals surface area contributed by atoms with Crippen LogP contribution >= 0.6 is 11.3 Å². The third-order valence-electron chi connectivity index (χ3n) is 4.25. The molecule has 2 nitrogen and oxygen atoms in total. The summed E-state index contributed by atoms with van der Waals surface area (Å²) < 4.78 is 0. The van der Waals surface area contributed by atoms with Crippen LogP contribution in [0.1, 0.15) is 56.0 Å². The molecule has 0 aliphatic heterocycles. The van der Waals surface area contributed by atoms with Crippen LogP contribution in [0, 0.1) is 12.8 Å². The predicted molar refractivity (Wildman–Crippen MR) is 74.3 cm³/mol. The summed E-state index contributed by atoms with van der Waals surface area (Å²) in [5.74, 6) is 0.858. The van der Waals surface area contributed by atoms with Gasteiger partial charge in [0.15, 0.2) is 0 Å². The van der Waals surface area contributed by atoms with Gasteiger partial charge in [-0.25, -0.2) is 4.98 Å². The Hall–Kier alpha value is -0.410. The SMILES string of the molecule is CCC1CCCC(N)(CCc2scnc2C)C1. The maximum atomic E-state index is 6.58. The van der Waals surface area contributed by atoms with E-state index in [-0.39, 0.29) is 5.54 Å². The Bertz CT molecular complexity index is 361. The largest absolute Gasteiger partial charge is 0.325 e. The summed E-state index contributed by atoms with van der Waals surface area (Å²) in [7, 11) is 0. The lowest BCUT2D eigenvalue weighted by molar-refractivity contribution is 0.208. The van der Waals surface area contributed by atoms with Crippen molar-refractivity contribution in [1.29, 1.82) is 0 Å². The van der Waals surface area contributed by atoms with Gasteiger partial charge in [-0.15, -0.1) is 11.3 Å². The molecule has 1 aliphatic carbocycles. The molecule has 2 atom stereocenters. The number of thiazole rings is 1. The Kier molecular flexibility index (Phi) is 4.21. The molecular weight excluding hydrogens is 228 g/mol. The summed E-state index contributed by atoms with van der Waals surface area (Å²) in [5, 5.41) is 0. The first kappa shape index (κ1) is 13.0. The molecule has 0 bridgehead atoms. The first-order valence-electron chi connectivity index (χ1n) is 6.81. The van der Waals surface area contributed by atoms with Gasteiger partial charge < -0.3 is 5.73 Å². The number of nitrogens with two attached hydrogens (primary N) is 1. The highest BCUT2D eigenvalue weighted by atomic mass is 32.1. The van der Waals surface area contributed by atoms with Crippen LogP contribution in [-0.2, 0) is 6.42 Å². The molecule has 1 aliphatic rings. The Morgan fingerprint density at radius 1 is 1.59 bits per heavy atom. The minimum Gasteiger partial charge on any atom is -0.325 e. The van der Waals surface area contributed by atoms with E-state index in [0.29, 0.717) is 0 Å². The molecule has 0 radical (unpaired) electrons. The first-order valence-corrected chi connectivity index (χ1v) is 7.69. The molecule has 17 heavy (non-hydrogen) atoms. The van der Waals surface area contributed by atoms with Gasteiger partial charge in [0, 0.05) is 10.4 Å². The van der Waals surface area contributed by atoms with Gasteiger partial charge in [0.25, 0.3) is 0 Å². The van der Waals surface area contributed by atoms with E-state index in [4.69, 9.17) is 5.73 Å². The zero-order valence-electron chi connectivity index (χ0n) is 11.0. The normalized spacial score (nSPS) is 29.5. The lowest BCUT2D eigenvalue weighted by Gasteiger charge is -2.38. The van der Waals surface area contributed by atoms with Crippen molar-refractivity contribution in [2.45, 2.75) is 64.3 Å². The molecule has 1 aromatic heterocycles. The zero-order chi connectivity index (χ0) is 12.3. The van der Waals surface area contributed by atoms with Crippen molar-refractivity contribution in [3.05, 3.63) is 16.1 Å². The summed E-state index contributed by atoms with van der Waals surface area (Å²) in [5.41, 5.74) is 9.81. The second kappa shape index (κ2) is 5.49. The van der Waals surface area contributed by atoms with Crippen LogP contribution in [0.4, 0.5) is 0 Å². The minimum atomic E-state index is 0.0926. The van der Waals surface area contributed by atoms with Crippen molar-refractivity contribution in [3.63, 3.8) is 0 Å². The van der Waals surface area contributed by atoms with Crippen LogP contribution in [0.25, 0.3) is 0 Å². The van der Waals surface area contributed by atoms with Crippen molar-refractivity contribution in [2.75, 3.05) is 0 Å². The molecule has 2 N–H and O–H groups in total. The summed E-state index contributed by atoms with van der Waals surface area (Å²) >= 11 is 1.78. The van der Waals surface area contributed by atoms with Gasteiger partial charge in [-0.05, 0) is 38.5 Å². The topological polar surface area (TPSA) is 38.9 Å². The lowest BCUT2D eigenvalue weighted by atomic mass is 9.73. The molecule has 1 heterocycles. The van der Waals surface area contributed by atoms with Crippen molar-refractivity contribution in [2.24, 2.45) is 11.7 Å². The second-order valence-electron chi connectivity index (χ2n) is 5.59. The van der Waals surface area contributed by atoms with Crippen LogP contribution < -0.4 is 5.73 Å².